The van der Waals surface area contributed by atoms with Crippen LogP contribution in [0.2, 0.25) is 0 Å². The van der Waals surface area contributed by atoms with Crippen LogP contribution in [0.15, 0.2) is 34.7 Å². The van der Waals surface area contributed by atoms with Crippen molar-refractivity contribution in [2.45, 2.75) is 20.0 Å². The number of esters is 1. The molecule has 1 aromatic carbocycles. The normalized spacial score (nSPS) is 10.2. The van der Waals surface area contributed by atoms with Crippen molar-refractivity contribution in [3.05, 3.63) is 47.7 Å². The molecular weight excluding hydrogens is 220 g/mol. The number of ether oxygens (including phenoxy) is 1. The number of hydrogen-bond acceptors (Lipinski definition) is 5. The average Bonchev–Trinajstić information content (AvgIpc) is 2.74. The van der Waals surface area contributed by atoms with E-state index >= 15 is 0 Å². The molecule has 0 saturated carbocycles. The van der Waals surface area contributed by atoms with Crippen molar-refractivity contribution < 1.29 is 13.9 Å². The summed E-state index contributed by atoms with van der Waals surface area (Å²) in [6, 6.07) is 9.40. The molecule has 1 heterocycles. The number of benzene rings is 1. The van der Waals surface area contributed by atoms with Crippen molar-refractivity contribution in [3.8, 4) is 0 Å². The Morgan fingerprint density at radius 3 is 2.71 bits per heavy atom. The molecule has 0 atom stereocenters. The molecule has 5 heteroatoms. The third kappa shape index (κ3) is 3.41. The zero-order valence-corrected chi connectivity index (χ0v) is 9.42. The lowest BCUT2D eigenvalue weighted by molar-refractivity contribution is -0.144. The molecule has 0 unspecified atom stereocenters. The number of hydrogen-bond donors (Lipinski definition) is 0. The van der Waals surface area contributed by atoms with Crippen LogP contribution < -0.4 is 0 Å². The van der Waals surface area contributed by atoms with E-state index in [4.69, 9.17) is 9.15 Å². The van der Waals surface area contributed by atoms with Gasteiger partial charge in [0.2, 0.25) is 5.89 Å². The summed E-state index contributed by atoms with van der Waals surface area (Å²) in [7, 11) is 0. The summed E-state index contributed by atoms with van der Waals surface area (Å²) in [6.45, 7) is 1.70. The summed E-state index contributed by atoms with van der Waals surface area (Å²) in [4.78, 5) is 11.5. The number of nitrogens with zero attached hydrogens (tertiary/aromatic N) is 2. The number of aryl methyl sites for hydroxylation is 1. The lowest BCUT2D eigenvalue weighted by Crippen LogP contribution is -2.08. The van der Waals surface area contributed by atoms with Crippen LogP contribution in [0.1, 0.15) is 17.3 Å². The molecule has 0 fully saturated rings. The minimum atomic E-state index is -0.313. The molecule has 2 aromatic rings. The zero-order chi connectivity index (χ0) is 12.1. The van der Waals surface area contributed by atoms with Gasteiger partial charge in [0.15, 0.2) is 6.61 Å². The maximum absolute atomic E-state index is 11.5. The smallest absolute Gasteiger partial charge is 0.310 e. The zero-order valence-electron chi connectivity index (χ0n) is 9.42. The van der Waals surface area contributed by atoms with E-state index in [0.717, 1.165) is 5.56 Å². The Labute approximate surface area is 98.4 Å². The standard InChI is InChI=1S/C12H12N2O3/c1-9-13-14-11(17-9)8-16-12(15)7-10-5-3-2-4-6-10/h2-6H,7-8H2,1H3. The molecule has 0 amide bonds. The van der Waals surface area contributed by atoms with Gasteiger partial charge in [-0.05, 0) is 5.56 Å². The van der Waals surface area contributed by atoms with E-state index in [1.807, 2.05) is 30.3 Å². The molecule has 0 aliphatic carbocycles. The van der Waals surface area contributed by atoms with Crippen molar-refractivity contribution in [1.29, 1.82) is 0 Å². The minimum absolute atomic E-state index is 0.0203. The van der Waals surface area contributed by atoms with Crippen LogP contribution in [0, 0.1) is 6.92 Å². The predicted molar refractivity (Wildman–Crippen MR) is 59.0 cm³/mol. The first-order chi connectivity index (χ1) is 8.24. The minimum Gasteiger partial charge on any atom is -0.455 e. The van der Waals surface area contributed by atoms with Gasteiger partial charge in [-0.25, -0.2) is 0 Å². The summed E-state index contributed by atoms with van der Waals surface area (Å²) in [5, 5.41) is 7.37. The highest BCUT2D eigenvalue weighted by molar-refractivity contribution is 5.72. The Morgan fingerprint density at radius 2 is 2.06 bits per heavy atom. The molecule has 0 saturated heterocycles. The van der Waals surface area contributed by atoms with Gasteiger partial charge in [-0.2, -0.15) is 0 Å². The van der Waals surface area contributed by atoms with Crippen LogP contribution in [0.5, 0.6) is 0 Å². The molecule has 0 radical (unpaired) electrons. The first-order valence-electron chi connectivity index (χ1n) is 5.22. The van der Waals surface area contributed by atoms with E-state index in [2.05, 4.69) is 10.2 Å². The Hall–Kier alpha value is -2.17. The predicted octanol–water partition coefficient (Wildman–Crippen LogP) is 1.66. The van der Waals surface area contributed by atoms with Crippen LogP contribution in [-0.2, 0) is 22.6 Å². The highest BCUT2D eigenvalue weighted by Crippen LogP contribution is 2.04. The maximum Gasteiger partial charge on any atom is 0.310 e. The molecule has 0 aliphatic rings. The maximum atomic E-state index is 11.5. The van der Waals surface area contributed by atoms with Crippen molar-refractivity contribution in [2.24, 2.45) is 0 Å². The topological polar surface area (TPSA) is 65.2 Å². The van der Waals surface area contributed by atoms with Crippen molar-refractivity contribution in [3.63, 3.8) is 0 Å². The third-order valence-electron chi connectivity index (χ3n) is 2.12. The molecule has 1 aromatic heterocycles. The van der Waals surface area contributed by atoms with E-state index < -0.39 is 0 Å². The first-order valence-corrected chi connectivity index (χ1v) is 5.22. The van der Waals surface area contributed by atoms with Crippen LogP contribution in [0.25, 0.3) is 0 Å². The van der Waals surface area contributed by atoms with Gasteiger partial charge < -0.3 is 9.15 Å². The fraction of sp³-hybridized carbons (Fsp3) is 0.250. The second kappa shape index (κ2) is 5.25. The van der Waals surface area contributed by atoms with E-state index in [1.165, 1.54) is 0 Å². The van der Waals surface area contributed by atoms with Gasteiger partial charge in [-0.1, -0.05) is 30.3 Å². The Balaban J connectivity index is 1.82. The monoisotopic (exact) mass is 232 g/mol. The van der Waals surface area contributed by atoms with Crippen molar-refractivity contribution >= 4 is 5.97 Å². The average molecular weight is 232 g/mol. The van der Waals surface area contributed by atoms with Gasteiger partial charge in [-0.3, -0.25) is 4.79 Å². The molecule has 0 spiro atoms. The molecule has 17 heavy (non-hydrogen) atoms. The summed E-state index contributed by atoms with van der Waals surface area (Å²) in [5.74, 6) is 0.454. The molecule has 5 nitrogen and oxygen atoms in total. The largest absolute Gasteiger partial charge is 0.455 e. The van der Waals surface area contributed by atoms with E-state index in [0.29, 0.717) is 11.8 Å². The van der Waals surface area contributed by atoms with Gasteiger partial charge in [0, 0.05) is 6.92 Å². The Morgan fingerprint density at radius 1 is 1.29 bits per heavy atom. The number of carbonyl (C=O) groups excluding carboxylic acids is 1. The molecule has 88 valence electrons. The fourth-order valence-electron chi connectivity index (χ4n) is 1.35. The number of rotatable bonds is 4. The quantitative estimate of drug-likeness (QED) is 0.750. The Kier molecular flexibility index (Phi) is 3.49. The SMILES string of the molecule is Cc1nnc(COC(=O)Cc2ccccc2)o1. The molecule has 2 rings (SSSR count). The summed E-state index contributed by atoms with van der Waals surface area (Å²) >= 11 is 0. The van der Waals surface area contributed by atoms with E-state index in [1.54, 1.807) is 6.92 Å². The van der Waals surface area contributed by atoms with Crippen LogP contribution in [0.4, 0.5) is 0 Å². The summed E-state index contributed by atoms with van der Waals surface area (Å²) < 4.78 is 10.1. The summed E-state index contributed by atoms with van der Waals surface area (Å²) in [6.07, 6.45) is 0.244. The van der Waals surface area contributed by atoms with Crippen LogP contribution in [-0.4, -0.2) is 16.2 Å². The number of aromatic nitrogens is 2. The van der Waals surface area contributed by atoms with Gasteiger partial charge in [0.05, 0.1) is 6.42 Å². The third-order valence-corrected chi connectivity index (χ3v) is 2.12. The van der Waals surface area contributed by atoms with Crippen LogP contribution >= 0.6 is 0 Å². The lowest BCUT2D eigenvalue weighted by atomic mass is 10.2. The summed E-state index contributed by atoms with van der Waals surface area (Å²) in [5.41, 5.74) is 0.916. The van der Waals surface area contributed by atoms with Gasteiger partial charge >= 0.3 is 5.97 Å². The van der Waals surface area contributed by atoms with Gasteiger partial charge in [0.1, 0.15) is 0 Å². The fourth-order valence-corrected chi connectivity index (χ4v) is 1.35. The molecule has 0 aliphatic heterocycles. The second-order valence-corrected chi connectivity index (χ2v) is 3.54. The highest BCUT2D eigenvalue weighted by atomic mass is 16.5. The molecule has 0 bridgehead atoms. The lowest BCUT2D eigenvalue weighted by Gasteiger charge is -2.01. The Bertz CT molecular complexity index is 493. The highest BCUT2D eigenvalue weighted by Gasteiger charge is 2.08. The van der Waals surface area contributed by atoms with Crippen molar-refractivity contribution in [1.82, 2.24) is 10.2 Å². The second-order valence-electron chi connectivity index (χ2n) is 3.54. The van der Waals surface area contributed by atoms with Gasteiger partial charge in [-0.15, -0.1) is 10.2 Å². The molecule has 0 N–H and O–H groups in total. The van der Waals surface area contributed by atoms with Gasteiger partial charge in [0.25, 0.3) is 5.89 Å². The van der Waals surface area contributed by atoms with E-state index in [9.17, 15) is 4.79 Å². The van der Waals surface area contributed by atoms with Crippen LogP contribution in [0.3, 0.4) is 0 Å². The first kappa shape index (κ1) is 11.3. The van der Waals surface area contributed by atoms with E-state index in [-0.39, 0.29) is 19.0 Å². The molecular formula is C12H12N2O3. The number of carbonyl (C=O) groups is 1. The van der Waals surface area contributed by atoms with Crippen molar-refractivity contribution in [2.75, 3.05) is 0 Å².